The second kappa shape index (κ2) is 7.04. The van der Waals surface area contributed by atoms with Crippen LogP contribution in [0.15, 0.2) is 12.2 Å². The molecule has 0 spiro atoms. The zero-order chi connectivity index (χ0) is 10.6. The Bertz CT molecular complexity index is 293. The van der Waals surface area contributed by atoms with Crippen LogP contribution < -0.4 is 29.6 Å². The summed E-state index contributed by atoms with van der Waals surface area (Å²) in [5.74, 6) is 0.320. The van der Waals surface area contributed by atoms with Gasteiger partial charge in [0, 0.05) is 0 Å². The second-order valence-electron chi connectivity index (χ2n) is 3.67. The largest absolute Gasteiger partial charge is 1.00 e. The van der Waals surface area contributed by atoms with Gasteiger partial charge in [-0.1, -0.05) is 25.3 Å². The first kappa shape index (κ1) is 15.6. The zero-order valence-corrected chi connectivity index (χ0v) is 11.7. The molecule has 1 fully saturated rings. The van der Waals surface area contributed by atoms with E-state index in [0.29, 0.717) is 5.92 Å². The second-order valence-corrected chi connectivity index (χ2v) is 5.13. The van der Waals surface area contributed by atoms with Crippen molar-refractivity contribution in [1.29, 1.82) is 0 Å². The van der Waals surface area contributed by atoms with Gasteiger partial charge in [0.1, 0.15) is 10.1 Å². The van der Waals surface area contributed by atoms with Crippen molar-refractivity contribution in [3.05, 3.63) is 12.2 Å². The first-order valence-electron chi connectivity index (χ1n) is 4.81. The van der Waals surface area contributed by atoms with Crippen LogP contribution in [0.3, 0.4) is 0 Å². The van der Waals surface area contributed by atoms with Gasteiger partial charge in [0.15, 0.2) is 5.44 Å². The minimum Gasteiger partial charge on any atom is -0.746 e. The van der Waals surface area contributed by atoms with Gasteiger partial charge in [-0.15, -0.1) is 0 Å². The van der Waals surface area contributed by atoms with Crippen LogP contribution in [0.2, 0.25) is 0 Å². The normalized spacial score (nSPS) is 21.2. The third-order valence-corrected chi connectivity index (χ3v) is 3.24. The molecule has 0 heterocycles. The molecule has 1 saturated carbocycles. The van der Waals surface area contributed by atoms with Gasteiger partial charge in [0.2, 0.25) is 0 Å². The third kappa shape index (κ3) is 6.04. The predicted molar refractivity (Wildman–Crippen MR) is 51.4 cm³/mol. The van der Waals surface area contributed by atoms with Gasteiger partial charge in [-0.25, -0.2) is 8.42 Å². The van der Waals surface area contributed by atoms with E-state index in [-0.39, 0.29) is 29.6 Å². The smallest absolute Gasteiger partial charge is 0.746 e. The average molecular weight is 242 g/mol. The number of aliphatic hydroxyl groups is 1. The number of rotatable bonds is 3. The summed E-state index contributed by atoms with van der Waals surface area (Å²) in [6, 6.07) is 0. The molecule has 0 bridgehead atoms. The molecule has 1 N–H and O–H groups in total. The van der Waals surface area contributed by atoms with Crippen molar-refractivity contribution in [2.75, 3.05) is 0 Å². The molecule has 0 saturated heterocycles. The molecular weight excluding hydrogens is 227 g/mol. The standard InChI is InChI=1S/C9H16O4S.Na/c10-9(14(11,12)13)7-6-8-4-2-1-3-5-8;/h6-10H,1-5H2,(H,11,12,13);/q;+1/p-1. The fraction of sp³-hybridized carbons (Fsp3) is 0.778. The Morgan fingerprint density at radius 2 is 1.80 bits per heavy atom. The van der Waals surface area contributed by atoms with Crippen LogP contribution in [0.25, 0.3) is 0 Å². The quantitative estimate of drug-likeness (QED) is 0.352. The van der Waals surface area contributed by atoms with Gasteiger partial charge in [-0.05, 0) is 24.8 Å². The summed E-state index contributed by atoms with van der Waals surface area (Å²) in [6.07, 6.45) is 8.26. The van der Waals surface area contributed by atoms with Crippen molar-refractivity contribution in [3.63, 3.8) is 0 Å². The molecule has 0 aromatic heterocycles. The van der Waals surface area contributed by atoms with E-state index in [2.05, 4.69) is 0 Å². The van der Waals surface area contributed by atoms with Crippen molar-refractivity contribution in [2.45, 2.75) is 37.5 Å². The van der Waals surface area contributed by atoms with E-state index in [9.17, 15) is 13.0 Å². The van der Waals surface area contributed by atoms with E-state index < -0.39 is 15.6 Å². The van der Waals surface area contributed by atoms with Gasteiger partial charge < -0.3 is 9.66 Å². The number of aliphatic hydroxyl groups excluding tert-OH is 1. The van der Waals surface area contributed by atoms with Crippen molar-refractivity contribution in [1.82, 2.24) is 0 Å². The molecule has 0 radical (unpaired) electrons. The summed E-state index contributed by atoms with van der Waals surface area (Å²) in [7, 11) is -4.58. The molecule has 0 aromatic rings. The van der Waals surface area contributed by atoms with Crippen molar-refractivity contribution >= 4 is 10.1 Å². The van der Waals surface area contributed by atoms with Crippen LogP contribution in [0.4, 0.5) is 0 Å². The van der Waals surface area contributed by atoms with Gasteiger partial charge in [-0.2, -0.15) is 0 Å². The van der Waals surface area contributed by atoms with Gasteiger partial charge in [-0.3, -0.25) is 0 Å². The van der Waals surface area contributed by atoms with Crippen molar-refractivity contribution < 1.29 is 47.6 Å². The first-order chi connectivity index (χ1) is 6.50. The van der Waals surface area contributed by atoms with Crippen LogP contribution >= 0.6 is 0 Å². The Kier molecular flexibility index (Phi) is 7.32. The average Bonchev–Trinajstić information content (AvgIpc) is 2.14. The Morgan fingerprint density at radius 1 is 1.27 bits per heavy atom. The molecular formula is C9H15NaO4S. The molecule has 4 nitrogen and oxygen atoms in total. The summed E-state index contributed by atoms with van der Waals surface area (Å²) in [5, 5.41) is 8.93. The summed E-state index contributed by atoms with van der Waals surface area (Å²) in [4.78, 5) is 0. The Balaban J connectivity index is 0.00000196. The van der Waals surface area contributed by atoms with E-state index in [4.69, 9.17) is 5.11 Å². The van der Waals surface area contributed by atoms with Crippen LogP contribution in [0, 0.1) is 5.92 Å². The van der Waals surface area contributed by atoms with E-state index in [1.54, 1.807) is 6.08 Å². The summed E-state index contributed by atoms with van der Waals surface area (Å²) in [6.45, 7) is 0. The predicted octanol–water partition coefficient (Wildman–Crippen LogP) is -2.01. The fourth-order valence-electron chi connectivity index (χ4n) is 1.68. The maximum Gasteiger partial charge on any atom is 1.00 e. The molecule has 1 rings (SSSR count). The molecule has 82 valence electrons. The Morgan fingerprint density at radius 3 is 2.27 bits per heavy atom. The van der Waals surface area contributed by atoms with Gasteiger partial charge in [0.05, 0.1) is 0 Å². The van der Waals surface area contributed by atoms with E-state index in [0.717, 1.165) is 31.8 Å². The molecule has 15 heavy (non-hydrogen) atoms. The molecule has 1 aliphatic rings. The summed E-state index contributed by atoms with van der Waals surface area (Å²) < 4.78 is 31.0. The first-order valence-corrected chi connectivity index (χ1v) is 6.28. The minimum atomic E-state index is -4.58. The van der Waals surface area contributed by atoms with Crippen LogP contribution in [-0.4, -0.2) is 23.5 Å². The molecule has 0 amide bonds. The van der Waals surface area contributed by atoms with Crippen LogP contribution in [-0.2, 0) is 10.1 Å². The maximum atomic E-state index is 10.3. The number of allylic oxidation sites excluding steroid dienone is 1. The molecule has 6 heteroatoms. The minimum absolute atomic E-state index is 0. The van der Waals surface area contributed by atoms with Crippen molar-refractivity contribution in [2.24, 2.45) is 5.92 Å². The molecule has 1 aliphatic carbocycles. The monoisotopic (exact) mass is 242 g/mol. The Hall–Kier alpha value is 0.610. The van der Waals surface area contributed by atoms with Crippen LogP contribution in [0.1, 0.15) is 32.1 Å². The summed E-state index contributed by atoms with van der Waals surface area (Å²) in [5.41, 5.74) is -1.88. The molecule has 1 atom stereocenters. The van der Waals surface area contributed by atoms with Gasteiger partial charge in [0.25, 0.3) is 0 Å². The van der Waals surface area contributed by atoms with Crippen molar-refractivity contribution in [3.8, 4) is 0 Å². The number of hydrogen-bond donors (Lipinski definition) is 1. The van der Waals surface area contributed by atoms with E-state index in [1.165, 1.54) is 6.42 Å². The summed E-state index contributed by atoms with van der Waals surface area (Å²) >= 11 is 0. The third-order valence-electron chi connectivity index (χ3n) is 2.49. The molecule has 0 aromatic carbocycles. The SMILES string of the molecule is O=S(=O)([O-])C(O)C=CC1CCCCC1.[Na+]. The van der Waals surface area contributed by atoms with Crippen LogP contribution in [0.5, 0.6) is 0 Å². The van der Waals surface area contributed by atoms with E-state index in [1.807, 2.05) is 0 Å². The Labute approximate surface area is 113 Å². The molecule has 0 aliphatic heterocycles. The number of hydrogen-bond acceptors (Lipinski definition) is 4. The maximum absolute atomic E-state index is 10.3. The zero-order valence-electron chi connectivity index (χ0n) is 8.93. The van der Waals surface area contributed by atoms with E-state index >= 15 is 0 Å². The van der Waals surface area contributed by atoms with Gasteiger partial charge >= 0.3 is 29.6 Å². The topological polar surface area (TPSA) is 77.4 Å². The fourth-order valence-corrected chi connectivity index (χ4v) is 1.96. The molecule has 1 unspecified atom stereocenters.